The van der Waals surface area contributed by atoms with E-state index in [9.17, 15) is 9.18 Å². The Labute approximate surface area is 153 Å². The Morgan fingerprint density at radius 1 is 1.12 bits per heavy atom. The topological polar surface area (TPSA) is 46.9 Å². The van der Waals surface area contributed by atoms with Crippen LogP contribution in [0.3, 0.4) is 0 Å². The van der Waals surface area contributed by atoms with Crippen LogP contribution in [0, 0.1) is 5.82 Å². The van der Waals surface area contributed by atoms with Crippen LogP contribution in [0.1, 0.15) is 28.4 Å². The van der Waals surface area contributed by atoms with Crippen molar-refractivity contribution in [3.8, 4) is 0 Å². The molecule has 0 radical (unpaired) electrons. The van der Waals surface area contributed by atoms with E-state index in [2.05, 4.69) is 33.3 Å². The van der Waals surface area contributed by atoms with Gasteiger partial charge in [0.2, 0.25) is 0 Å². The standard InChI is InChI=1S/C19H17BrFN3O/c1-2-13-3-7-15(8-4-13)19(25)22-18-17(20)12-24(23-18)11-14-5-9-16(21)10-6-14/h3-10,12H,2,11H2,1H3,(H,22,23,25). The maximum absolute atomic E-state index is 13.0. The van der Waals surface area contributed by atoms with Crippen LogP contribution in [-0.2, 0) is 13.0 Å². The lowest BCUT2D eigenvalue weighted by molar-refractivity contribution is 0.102. The molecule has 25 heavy (non-hydrogen) atoms. The molecule has 1 N–H and O–H groups in total. The number of carbonyl (C=O) groups is 1. The highest BCUT2D eigenvalue weighted by atomic mass is 79.9. The van der Waals surface area contributed by atoms with Gasteiger partial charge in [-0.15, -0.1) is 0 Å². The number of benzene rings is 2. The molecule has 0 aliphatic rings. The van der Waals surface area contributed by atoms with Gasteiger partial charge in [0.15, 0.2) is 5.82 Å². The van der Waals surface area contributed by atoms with E-state index in [4.69, 9.17) is 0 Å². The summed E-state index contributed by atoms with van der Waals surface area (Å²) < 4.78 is 15.3. The summed E-state index contributed by atoms with van der Waals surface area (Å²) in [6.07, 6.45) is 2.71. The Hall–Kier alpha value is -2.47. The molecule has 0 aliphatic heterocycles. The Morgan fingerprint density at radius 3 is 2.40 bits per heavy atom. The first-order chi connectivity index (χ1) is 12.0. The second kappa shape index (κ2) is 7.61. The number of hydrogen-bond donors (Lipinski definition) is 1. The van der Waals surface area contributed by atoms with E-state index in [0.717, 1.165) is 12.0 Å². The van der Waals surface area contributed by atoms with Crippen molar-refractivity contribution in [3.05, 3.63) is 81.7 Å². The van der Waals surface area contributed by atoms with Gasteiger partial charge in [-0.25, -0.2) is 4.39 Å². The van der Waals surface area contributed by atoms with Gasteiger partial charge < -0.3 is 5.32 Å². The lowest BCUT2D eigenvalue weighted by Gasteiger charge is -2.04. The predicted molar refractivity (Wildman–Crippen MR) is 99.2 cm³/mol. The molecule has 0 fully saturated rings. The van der Waals surface area contributed by atoms with E-state index in [1.54, 1.807) is 35.1 Å². The summed E-state index contributed by atoms with van der Waals surface area (Å²) in [6, 6.07) is 13.7. The molecule has 2 aromatic carbocycles. The largest absolute Gasteiger partial charge is 0.304 e. The highest BCUT2D eigenvalue weighted by Crippen LogP contribution is 2.21. The SMILES string of the molecule is CCc1ccc(C(=O)Nc2nn(Cc3ccc(F)cc3)cc2Br)cc1. The Bertz CT molecular complexity index is 873. The first-order valence-electron chi connectivity index (χ1n) is 7.93. The quantitative estimate of drug-likeness (QED) is 0.676. The summed E-state index contributed by atoms with van der Waals surface area (Å²) in [5, 5.41) is 7.17. The van der Waals surface area contributed by atoms with Crippen LogP contribution in [0.4, 0.5) is 10.2 Å². The molecule has 3 rings (SSSR count). The highest BCUT2D eigenvalue weighted by molar-refractivity contribution is 9.10. The Kier molecular flexibility index (Phi) is 5.28. The van der Waals surface area contributed by atoms with Crippen molar-refractivity contribution in [1.29, 1.82) is 0 Å². The smallest absolute Gasteiger partial charge is 0.256 e. The summed E-state index contributed by atoms with van der Waals surface area (Å²) in [7, 11) is 0. The average molecular weight is 402 g/mol. The number of halogens is 2. The normalized spacial score (nSPS) is 10.7. The molecule has 6 heteroatoms. The first kappa shape index (κ1) is 17.4. The third-order valence-electron chi connectivity index (χ3n) is 3.83. The van der Waals surface area contributed by atoms with E-state index >= 15 is 0 Å². The summed E-state index contributed by atoms with van der Waals surface area (Å²) in [5.41, 5.74) is 2.68. The molecule has 3 aromatic rings. The molecule has 1 heterocycles. The van der Waals surface area contributed by atoms with E-state index in [0.29, 0.717) is 22.4 Å². The van der Waals surface area contributed by atoms with Crippen LogP contribution in [0.25, 0.3) is 0 Å². The zero-order valence-corrected chi connectivity index (χ0v) is 15.3. The number of nitrogens with one attached hydrogen (secondary N) is 1. The molecular weight excluding hydrogens is 385 g/mol. The maximum atomic E-state index is 13.0. The molecule has 0 saturated carbocycles. The molecule has 4 nitrogen and oxygen atoms in total. The molecule has 1 aromatic heterocycles. The van der Waals surface area contributed by atoms with Gasteiger partial charge >= 0.3 is 0 Å². The van der Waals surface area contributed by atoms with Crippen molar-refractivity contribution in [2.45, 2.75) is 19.9 Å². The number of hydrogen-bond acceptors (Lipinski definition) is 2. The van der Waals surface area contributed by atoms with Crippen molar-refractivity contribution < 1.29 is 9.18 Å². The molecule has 0 spiro atoms. The van der Waals surface area contributed by atoms with Crippen molar-refractivity contribution >= 4 is 27.7 Å². The predicted octanol–water partition coefficient (Wildman–Crippen LogP) is 4.65. The number of rotatable bonds is 5. The average Bonchev–Trinajstić information content (AvgIpc) is 2.96. The molecule has 0 saturated heterocycles. The first-order valence-corrected chi connectivity index (χ1v) is 8.72. The second-order valence-corrected chi connectivity index (χ2v) is 6.51. The van der Waals surface area contributed by atoms with E-state index < -0.39 is 0 Å². The summed E-state index contributed by atoms with van der Waals surface area (Å²) in [5.74, 6) is -0.0329. The molecule has 128 valence electrons. The Morgan fingerprint density at radius 2 is 1.76 bits per heavy atom. The van der Waals surface area contributed by atoms with Crippen molar-refractivity contribution in [2.24, 2.45) is 0 Å². The molecule has 1 amide bonds. The summed E-state index contributed by atoms with van der Waals surface area (Å²) in [4.78, 5) is 12.3. The van der Waals surface area contributed by atoms with Gasteiger partial charge in [0, 0.05) is 11.8 Å². The third kappa shape index (κ3) is 4.33. The van der Waals surface area contributed by atoms with Crippen LogP contribution in [0.15, 0.2) is 59.2 Å². The van der Waals surface area contributed by atoms with Gasteiger partial charge in [-0.3, -0.25) is 9.48 Å². The lowest BCUT2D eigenvalue weighted by Crippen LogP contribution is -2.13. The minimum Gasteiger partial charge on any atom is -0.304 e. The van der Waals surface area contributed by atoms with E-state index in [1.807, 2.05) is 12.1 Å². The van der Waals surface area contributed by atoms with Gasteiger partial charge in [-0.2, -0.15) is 5.10 Å². The molecule has 0 unspecified atom stereocenters. The van der Waals surface area contributed by atoms with E-state index in [1.165, 1.54) is 17.7 Å². The minimum atomic E-state index is -0.271. The molecule has 0 bridgehead atoms. The van der Waals surface area contributed by atoms with Crippen molar-refractivity contribution in [3.63, 3.8) is 0 Å². The molecular formula is C19H17BrFN3O. The fourth-order valence-corrected chi connectivity index (χ4v) is 2.83. The number of carbonyl (C=O) groups excluding carboxylic acids is 1. The summed E-state index contributed by atoms with van der Waals surface area (Å²) in [6.45, 7) is 2.56. The van der Waals surface area contributed by atoms with E-state index in [-0.39, 0.29) is 11.7 Å². The number of aromatic nitrogens is 2. The van der Waals surface area contributed by atoms with Crippen LogP contribution >= 0.6 is 15.9 Å². The van der Waals surface area contributed by atoms with Crippen LogP contribution in [-0.4, -0.2) is 15.7 Å². The van der Waals surface area contributed by atoms with Gasteiger partial charge in [0.1, 0.15) is 5.82 Å². The fraction of sp³-hybridized carbons (Fsp3) is 0.158. The van der Waals surface area contributed by atoms with Crippen LogP contribution in [0.5, 0.6) is 0 Å². The second-order valence-electron chi connectivity index (χ2n) is 5.65. The van der Waals surface area contributed by atoms with Crippen LogP contribution < -0.4 is 5.32 Å². The lowest BCUT2D eigenvalue weighted by atomic mass is 10.1. The maximum Gasteiger partial charge on any atom is 0.256 e. The number of anilines is 1. The summed E-state index contributed by atoms with van der Waals surface area (Å²) >= 11 is 3.41. The van der Waals surface area contributed by atoms with Crippen LogP contribution in [0.2, 0.25) is 0 Å². The van der Waals surface area contributed by atoms with Crippen molar-refractivity contribution in [1.82, 2.24) is 9.78 Å². The minimum absolute atomic E-state index is 0.213. The zero-order valence-electron chi connectivity index (χ0n) is 13.7. The van der Waals surface area contributed by atoms with Gasteiger partial charge in [0.25, 0.3) is 5.91 Å². The zero-order chi connectivity index (χ0) is 17.8. The Balaban J connectivity index is 1.71. The third-order valence-corrected chi connectivity index (χ3v) is 4.41. The number of aryl methyl sites for hydroxylation is 1. The van der Waals surface area contributed by atoms with Gasteiger partial charge in [0.05, 0.1) is 11.0 Å². The molecule has 0 aliphatic carbocycles. The van der Waals surface area contributed by atoms with Gasteiger partial charge in [-0.1, -0.05) is 31.2 Å². The number of amides is 1. The molecule has 0 atom stereocenters. The van der Waals surface area contributed by atoms with Gasteiger partial charge in [-0.05, 0) is 57.7 Å². The fourth-order valence-electron chi connectivity index (χ4n) is 2.41. The highest BCUT2D eigenvalue weighted by Gasteiger charge is 2.12. The number of nitrogens with zero attached hydrogens (tertiary/aromatic N) is 2. The van der Waals surface area contributed by atoms with Crippen molar-refractivity contribution in [2.75, 3.05) is 5.32 Å². The monoisotopic (exact) mass is 401 g/mol.